The molecule has 1 aromatic carbocycles. The summed E-state index contributed by atoms with van der Waals surface area (Å²) in [6.45, 7) is 0. The van der Waals surface area contributed by atoms with Crippen molar-refractivity contribution < 1.29 is 9.63 Å². The zero-order valence-electron chi connectivity index (χ0n) is 8.70. The molecule has 0 saturated carbocycles. The number of benzene rings is 1. The van der Waals surface area contributed by atoms with Gasteiger partial charge in [-0.2, -0.15) is 4.98 Å². The van der Waals surface area contributed by atoms with Gasteiger partial charge in [0.05, 0.1) is 4.88 Å². The molecular formula is C12H8N2O2S. The molecule has 5 heteroatoms. The van der Waals surface area contributed by atoms with Gasteiger partial charge in [0.15, 0.2) is 0 Å². The van der Waals surface area contributed by atoms with Crippen molar-refractivity contribution in [3.63, 3.8) is 0 Å². The standard InChI is InChI=1S/C12H8N2O2S/c15-9-4-1-3-8(7-9)11-13-12(16-14-11)10-5-2-6-17-10/h1-7,15H. The number of aromatic nitrogens is 2. The monoisotopic (exact) mass is 244 g/mol. The van der Waals surface area contributed by atoms with E-state index in [1.165, 1.54) is 0 Å². The van der Waals surface area contributed by atoms with Crippen molar-refractivity contribution in [2.75, 3.05) is 0 Å². The molecule has 17 heavy (non-hydrogen) atoms. The van der Waals surface area contributed by atoms with Crippen molar-refractivity contribution in [1.29, 1.82) is 0 Å². The normalized spacial score (nSPS) is 10.6. The third-order valence-corrected chi connectivity index (χ3v) is 3.12. The van der Waals surface area contributed by atoms with E-state index in [9.17, 15) is 5.11 Å². The van der Waals surface area contributed by atoms with Crippen LogP contribution in [0, 0.1) is 0 Å². The fourth-order valence-corrected chi connectivity index (χ4v) is 2.13. The van der Waals surface area contributed by atoms with E-state index in [1.54, 1.807) is 29.5 Å². The Morgan fingerprint density at radius 2 is 2.12 bits per heavy atom. The van der Waals surface area contributed by atoms with E-state index in [0.717, 1.165) is 10.4 Å². The van der Waals surface area contributed by atoms with Crippen molar-refractivity contribution in [2.24, 2.45) is 0 Å². The predicted octanol–water partition coefficient (Wildman–Crippen LogP) is 3.17. The minimum atomic E-state index is 0.185. The maximum Gasteiger partial charge on any atom is 0.268 e. The van der Waals surface area contributed by atoms with Crippen LogP contribution in [0.4, 0.5) is 0 Å². The maximum atomic E-state index is 9.38. The molecule has 0 unspecified atom stereocenters. The fraction of sp³-hybridized carbons (Fsp3) is 0. The molecule has 0 radical (unpaired) electrons. The Balaban J connectivity index is 2.01. The molecule has 2 aromatic heterocycles. The average molecular weight is 244 g/mol. The molecule has 4 nitrogen and oxygen atoms in total. The summed E-state index contributed by atoms with van der Waals surface area (Å²) in [7, 11) is 0. The number of phenolic OH excluding ortho intramolecular Hbond substituents is 1. The number of nitrogens with zero attached hydrogens (tertiary/aromatic N) is 2. The first kappa shape index (κ1) is 10.0. The SMILES string of the molecule is Oc1cccc(-c2noc(-c3cccs3)n2)c1. The van der Waals surface area contributed by atoms with Crippen LogP contribution < -0.4 is 0 Å². The van der Waals surface area contributed by atoms with E-state index in [4.69, 9.17) is 4.52 Å². The second-order valence-electron chi connectivity index (χ2n) is 3.45. The molecule has 0 spiro atoms. The van der Waals surface area contributed by atoms with Crippen LogP contribution in [0.3, 0.4) is 0 Å². The van der Waals surface area contributed by atoms with E-state index < -0.39 is 0 Å². The molecule has 0 saturated heterocycles. The number of hydrogen-bond acceptors (Lipinski definition) is 5. The quantitative estimate of drug-likeness (QED) is 0.752. The van der Waals surface area contributed by atoms with E-state index >= 15 is 0 Å². The van der Waals surface area contributed by atoms with Crippen LogP contribution >= 0.6 is 11.3 Å². The third kappa shape index (κ3) is 1.92. The summed E-state index contributed by atoms with van der Waals surface area (Å²) in [5.41, 5.74) is 0.733. The van der Waals surface area contributed by atoms with Crippen molar-refractivity contribution in [2.45, 2.75) is 0 Å². The lowest BCUT2D eigenvalue weighted by atomic mass is 10.2. The Morgan fingerprint density at radius 1 is 1.18 bits per heavy atom. The Kier molecular flexibility index (Phi) is 2.38. The van der Waals surface area contributed by atoms with Crippen molar-refractivity contribution >= 4 is 11.3 Å². The van der Waals surface area contributed by atoms with Gasteiger partial charge in [0.1, 0.15) is 5.75 Å². The molecule has 0 aliphatic rings. The zero-order chi connectivity index (χ0) is 11.7. The molecule has 84 valence electrons. The van der Waals surface area contributed by atoms with Gasteiger partial charge in [0, 0.05) is 5.56 Å². The molecule has 0 amide bonds. The lowest BCUT2D eigenvalue weighted by Gasteiger charge is -1.94. The zero-order valence-corrected chi connectivity index (χ0v) is 9.52. The minimum Gasteiger partial charge on any atom is -0.508 e. The molecule has 0 bridgehead atoms. The first-order chi connectivity index (χ1) is 8.33. The Hall–Kier alpha value is -2.14. The number of phenols is 1. The van der Waals surface area contributed by atoms with Gasteiger partial charge in [-0.25, -0.2) is 0 Å². The summed E-state index contributed by atoms with van der Waals surface area (Å²) in [6, 6.07) is 10.6. The molecule has 0 atom stereocenters. The Bertz CT molecular complexity index is 632. The van der Waals surface area contributed by atoms with E-state index in [-0.39, 0.29) is 5.75 Å². The number of thiophene rings is 1. The molecular weight excluding hydrogens is 236 g/mol. The summed E-state index contributed by atoms with van der Waals surface area (Å²) in [6.07, 6.45) is 0. The molecule has 3 aromatic rings. The van der Waals surface area contributed by atoms with Crippen LogP contribution in [-0.4, -0.2) is 15.2 Å². The van der Waals surface area contributed by atoms with E-state index in [1.807, 2.05) is 23.6 Å². The highest BCUT2D eigenvalue weighted by atomic mass is 32.1. The van der Waals surface area contributed by atoms with Crippen LogP contribution in [0.25, 0.3) is 22.2 Å². The molecule has 0 fully saturated rings. The molecule has 0 aliphatic heterocycles. The smallest absolute Gasteiger partial charge is 0.268 e. The van der Waals surface area contributed by atoms with Gasteiger partial charge < -0.3 is 9.63 Å². The van der Waals surface area contributed by atoms with Crippen LogP contribution in [0.1, 0.15) is 0 Å². The highest BCUT2D eigenvalue weighted by molar-refractivity contribution is 7.13. The molecule has 3 rings (SSSR count). The van der Waals surface area contributed by atoms with Gasteiger partial charge in [0.25, 0.3) is 5.89 Å². The van der Waals surface area contributed by atoms with Crippen LogP contribution in [0.5, 0.6) is 5.75 Å². The summed E-state index contributed by atoms with van der Waals surface area (Å²) in [5, 5.41) is 15.2. The van der Waals surface area contributed by atoms with E-state index in [2.05, 4.69) is 10.1 Å². The van der Waals surface area contributed by atoms with Gasteiger partial charge in [-0.1, -0.05) is 23.4 Å². The van der Waals surface area contributed by atoms with Gasteiger partial charge in [0.2, 0.25) is 5.82 Å². The predicted molar refractivity (Wildman–Crippen MR) is 64.7 cm³/mol. The number of aromatic hydroxyl groups is 1. The molecule has 0 aliphatic carbocycles. The van der Waals surface area contributed by atoms with Crippen molar-refractivity contribution in [3.05, 3.63) is 41.8 Å². The number of rotatable bonds is 2. The Morgan fingerprint density at radius 3 is 2.88 bits per heavy atom. The summed E-state index contributed by atoms with van der Waals surface area (Å²) < 4.78 is 5.17. The molecule has 1 N–H and O–H groups in total. The summed E-state index contributed by atoms with van der Waals surface area (Å²) >= 11 is 1.54. The highest BCUT2D eigenvalue weighted by Gasteiger charge is 2.11. The van der Waals surface area contributed by atoms with Gasteiger partial charge in [-0.3, -0.25) is 0 Å². The summed E-state index contributed by atoms with van der Waals surface area (Å²) in [5.74, 6) is 1.16. The largest absolute Gasteiger partial charge is 0.508 e. The lowest BCUT2D eigenvalue weighted by Crippen LogP contribution is -1.79. The highest BCUT2D eigenvalue weighted by Crippen LogP contribution is 2.26. The van der Waals surface area contributed by atoms with Gasteiger partial charge in [-0.15, -0.1) is 11.3 Å². The maximum absolute atomic E-state index is 9.38. The Labute approximate surface area is 101 Å². The first-order valence-corrected chi connectivity index (χ1v) is 5.88. The summed E-state index contributed by atoms with van der Waals surface area (Å²) in [4.78, 5) is 5.22. The fourth-order valence-electron chi connectivity index (χ4n) is 1.49. The third-order valence-electron chi connectivity index (χ3n) is 2.26. The topological polar surface area (TPSA) is 59.2 Å². The lowest BCUT2D eigenvalue weighted by molar-refractivity contribution is 0.433. The van der Waals surface area contributed by atoms with E-state index in [0.29, 0.717) is 11.7 Å². The molecule has 2 heterocycles. The average Bonchev–Trinajstić information content (AvgIpc) is 3.00. The van der Waals surface area contributed by atoms with Crippen LogP contribution in [-0.2, 0) is 0 Å². The van der Waals surface area contributed by atoms with Crippen molar-refractivity contribution in [3.8, 4) is 27.9 Å². The van der Waals surface area contributed by atoms with Crippen LogP contribution in [0.15, 0.2) is 46.3 Å². The van der Waals surface area contributed by atoms with Crippen molar-refractivity contribution in [1.82, 2.24) is 10.1 Å². The van der Waals surface area contributed by atoms with Gasteiger partial charge in [-0.05, 0) is 23.6 Å². The second-order valence-corrected chi connectivity index (χ2v) is 4.40. The first-order valence-electron chi connectivity index (χ1n) is 5.00. The number of hydrogen-bond donors (Lipinski definition) is 1. The minimum absolute atomic E-state index is 0.185. The van der Waals surface area contributed by atoms with Crippen LogP contribution in [0.2, 0.25) is 0 Å². The van der Waals surface area contributed by atoms with Gasteiger partial charge >= 0.3 is 0 Å². The second kappa shape index (κ2) is 4.03.